The second-order valence-corrected chi connectivity index (χ2v) is 12.9. The van der Waals surface area contributed by atoms with Gasteiger partial charge < -0.3 is 0 Å². The molecule has 2 fully saturated rings. The number of nitrogens with zero attached hydrogens (tertiary/aromatic N) is 3. The Morgan fingerprint density at radius 1 is 1.06 bits per heavy atom. The fraction of sp³-hybridized carbons (Fsp3) is 0.240. The number of thiazole rings is 1. The minimum absolute atomic E-state index is 0.154. The number of carbonyl (C=O) groups excluding carboxylic acids is 2. The molecule has 0 bridgehead atoms. The molecule has 35 heavy (non-hydrogen) atoms. The molecule has 0 spiro atoms. The fourth-order valence-electron chi connectivity index (χ4n) is 4.46. The third-order valence-corrected chi connectivity index (χ3v) is 10.7. The first-order valence-electron chi connectivity index (χ1n) is 11.2. The molecule has 10 heteroatoms. The molecule has 1 aliphatic carbocycles. The van der Waals surface area contributed by atoms with Crippen molar-refractivity contribution in [3.8, 4) is 10.6 Å². The summed E-state index contributed by atoms with van der Waals surface area (Å²) in [6, 6.07) is 15.2. The van der Waals surface area contributed by atoms with Crippen LogP contribution in [0.2, 0.25) is 0 Å². The van der Waals surface area contributed by atoms with Crippen molar-refractivity contribution >= 4 is 60.4 Å². The molecular formula is C25H21N3O4S3. The highest BCUT2D eigenvalue weighted by Crippen LogP contribution is 2.39. The molecule has 178 valence electrons. The Kier molecular flexibility index (Phi) is 5.37. The van der Waals surface area contributed by atoms with Crippen molar-refractivity contribution in [1.29, 1.82) is 0 Å². The van der Waals surface area contributed by atoms with Crippen molar-refractivity contribution in [3.05, 3.63) is 65.5 Å². The molecular weight excluding hydrogens is 502 g/mol. The van der Waals surface area contributed by atoms with E-state index in [1.165, 1.54) is 15.9 Å². The van der Waals surface area contributed by atoms with E-state index in [1.807, 2.05) is 31.2 Å². The lowest BCUT2D eigenvalue weighted by Gasteiger charge is -2.26. The number of sulfonamides is 1. The molecule has 2 aliphatic rings. The van der Waals surface area contributed by atoms with Crippen LogP contribution >= 0.6 is 22.7 Å². The number of hydrogen-bond donors (Lipinski definition) is 0. The van der Waals surface area contributed by atoms with Gasteiger partial charge in [-0.05, 0) is 73.2 Å². The van der Waals surface area contributed by atoms with Crippen LogP contribution in [0.5, 0.6) is 0 Å². The molecule has 3 heterocycles. The first kappa shape index (κ1) is 22.5. The molecule has 6 rings (SSSR count). The molecule has 1 unspecified atom stereocenters. The maximum Gasteiger partial charge on any atom is 0.253 e. The van der Waals surface area contributed by atoms with Gasteiger partial charge in [0.15, 0.2) is 0 Å². The summed E-state index contributed by atoms with van der Waals surface area (Å²) in [5.41, 5.74) is 3.43. The normalized spacial score (nSPS) is 18.8. The van der Waals surface area contributed by atoms with Gasteiger partial charge in [0.05, 0.1) is 22.3 Å². The Labute approximate surface area is 210 Å². The average Bonchev–Trinajstić information content (AvgIpc) is 3.21. The van der Waals surface area contributed by atoms with Crippen molar-refractivity contribution in [2.24, 2.45) is 0 Å². The van der Waals surface area contributed by atoms with Crippen LogP contribution in [0.3, 0.4) is 0 Å². The first-order chi connectivity index (χ1) is 16.8. The number of hydrogen-bond acceptors (Lipinski definition) is 7. The molecule has 2 aromatic heterocycles. The Morgan fingerprint density at radius 3 is 2.51 bits per heavy atom. The number of imide groups is 1. The maximum atomic E-state index is 13.4. The Hall–Kier alpha value is -2.92. The zero-order valence-electron chi connectivity index (χ0n) is 18.7. The van der Waals surface area contributed by atoms with Gasteiger partial charge in [-0.15, -0.1) is 22.7 Å². The molecule has 2 amide bonds. The topological polar surface area (TPSA) is 87.7 Å². The van der Waals surface area contributed by atoms with Crippen LogP contribution in [-0.4, -0.2) is 41.6 Å². The molecule has 2 aromatic carbocycles. The highest BCUT2D eigenvalue weighted by atomic mass is 32.2. The predicted molar refractivity (Wildman–Crippen MR) is 137 cm³/mol. The zero-order chi connectivity index (χ0) is 24.3. The summed E-state index contributed by atoms with van der Waals surface area (Å²) in [4.78, 5) is 32.2. The number of benzene rings is 2. The second-order valence-electron chi connectivity index (χ2n) is 8.82. The smallest absolute Gasteiger partial charge is 0.253 e. The van der Waals surface area contributed by atoms with Crippen LogP contribution in [0.1, 0.15) is 24.8 Å². The van der Waals surface area contributed by atoms with Gasteiger partial charge in [-0.3, -0.25) is 9.59 Å². The van der Waals surface area contributed by atoms with E-state index in [2.05, 4.69) is 6.07 Å². The number of aryl methyl sites for hydroxylation is 1. The van der Waals surface area contributed by atoms with Gasteiger partial charge >= 0.3 is 0 Å². The summed E-state index contributed by atoms with van der Waals surface area (Å²) in [6.07, 6.45) is 1.23. The van der Waals surface area contributed by atoms with Crippen LogP contribution < -0.4 is 4.90 Å². The van der Waals surface area contributed by atoms with Gasteiger partial charge in [0, 0.05) is 11.6 Å². The number of aromatic nitrogens is 1. The van der Waals surface area contributed by atoms with Crippen LogP contribution in [0.25, 0.3) is 20.8 Å². The van der Waals surface area contributed by atoms with Crippen molar-refractivity contribution in [1.82, 2.24) is 9.29 Å². The van der Waals surface area contributed by atoms with Gasteiger partial charge in [0.1, 0.15) is 15.3 Å². The SMILES string of the molecule is Cc1ccc2nc(-c3ccc(N4C(=O)CC(N(C5CC5)S(=O)(=O)c5cccs5)C4=O)cc3)sc2c1. The van der Waals surface area contributed by atoms with E-state index in [0.717, 1.165) is 37.0 Å². The number of rotatable bonds is 6. The third-order valence-electron chi connectivity index (χ3n) is 6.28. The molecule has 1 saturated heterocycles. The second kappa shape index (κ2) is 8.34. The lowest BCUT2D eigenvalue weighted by molar-refractivity contribution is -0.122. The van der Waals surface area contributed by atoms with Crippen LogP contribution in [0, 0.1) is 6.92 Å². The number of carbonyl (C=O) groups is 2. The number of thiophene rings is 1. The summed E-state index contributed by atoms with van der Waals surface area (Å²) in [7, 11) is -3.85. The van der Waals surface area contributed by atoms with Gasteiger partial charge in [-0.2, -0.15) is 4.31 Å². The van der Waals surface area contributed by atoms with Crippen LogP contribution in [0.4, 0.5) is 5.69 Å². The highest BCUT2D eigenvalue weighted by Gasteiger charge is 2.52. The number of anilines is 1. The minimum Gasteiger partial charge on any atom is -0.274 e. The third kappa shape index (κ3) is 3.90. The van der Waals surface area contributed by atoms with Crippen molar-refractivity contribution < 1.29 is 18.0 Å². The van der Waals surface area contributed by atoms with Crippen LogP contribution in [-0.2, 0) is 19.6 Å². The summed E-state index contributed by atoms with van der Waals surface area (Å²) in [5, 5.41) is 2.55. The van der Waals surface area contributed by atoms with Crippen molar-refractivity contribution in [2.75, 3.05) is 4.90 Å². The van der Waals surface area contributed by atoms with E-state index < -0.39 is 27.9 Å². The first-order valence-corrected chi connectivity index (χ1v) is 14.4. The lowest BCUT2D eigenvalue weighted by Crippen LogP contribution is -2.46. The number of amides is 2. The highest BCUT2D eigenvalue weighted by molar-refractivity contribution is 7.91. The Balaban J connectivity index is 1.28. The van der Waals surface area contributed by atoms with Gasteiger partial charge in [-0.25, -0.2) is 18.3 Å². The van der Waals surface area contributed by atoms with Crippen molar-refractivity contribution in [3.63, 3.8) is 0 Å². The van der Waals surface area contributed by atoms with Gasteiger partial charge in [0.25, 0.3) is 15.9 Å². The fourth-order valence-corrected chi connectivity index (χ4v) is 8.45. The van der Waals surface area contributed by atoms with Gasteiger partial charge in [0.2, 0.25) is 5.91 Å². The minimum atomic E-state index is -3.85. The molecule has 1 atom stereocenters. The summed E-state index contributed by atoms with van der Waals surface area (Å²) >= 11 is 2.71. The largest absolute Gasteiger partial charge is 0.274 e. The van der Waals surface area contributed by atoms with E-state index in [1.54, 1.807) is 34.9 Å². The zero-order valence-corrected chi connectivity index (χ0v) is 21.2. The lowest BCUT2D eigenvalue weighted by atomic mass is 10.2. The van der Waals surface area contributed by atoms with E-state index in [-0.39, 0.29) is 16.7 Å². The van der Waals surface area contributed by atoms with Gasteiger partial charge in [-0.1, -0.05) is 12.1 Å². The predicted octanol–water partition coefficient (Wildman–Crippen LogP) is 4.82. The molecule has 4 aromatic rings. The molecule has 1 aliphatic heterocycles. The van der Waals surface area contributed by atoms with E-state index in [0.29, 0.717) is 18.5 Å². The summed E-state index contributed by atoms with van der Waals surface area (Å²) in [5.74, 6) is -0.888. The maximum absolute atomic E-state index is 13.4. The monoisotopic (exact) mass is 523 g/mol. The van der Waals surface area contributed by atoms with E-state index >= 15 is 0 Å². The molecule has 0 N–H and O–H groups in total. The summed E-state index contributed by atoms with van der Waals surface area (Å²) in [6.45, 7) is 2.04. The standard InChI is InChI=1S/C25H21N3O4S3/c1-15-4-11-19-21(13-15)34-24(26-19)16-5-7-17(8-6-16)27-22(29)14-20(25(27)30)28(18-9-10-18)35(31,32)23-3-2-12-33-23/h2-8,11-13,18,20H,9-10,14H2,1H3. The molecule has 0 radical (unpaired) electrons. The van der Waals surface area contributed by atoms with E-state index in [9.17, 15) is 18.0 Å². The summed E-state index contributed by atoms with van der Waals surface area (Å²) < 4.78 is 29.2. The molecule has 1 saturated carbocycles. The van der Waals surface area contributed by atoms with E-state index in [4.69, 9.17) is 4.98 Å². The Morgan fingerprint density at radius 2 is 1.83 bits per heavy atom. The quantitative estimate of drug-likeness (QED) is 0.338. The van der Waals surface area contributed by atoms with Crippen LogP contribution in [0.15, 0.2) is 64.2 Å². The average molecular weight is 524 g/mol. The Bertz CT molecular complexity index is 1560. The molecule has 7 nitrogen and oxygen atoms in total. The number of fused-ring (bicyclic) bond motifs is 1. The van der Waals surface area contributed by atoms with Crippen molar-refractivity contribution in [2.45, 2.75) is 42.5 Å².